The van der Waals surface area contributed by atoms with Crippen LogP contribution in [0.4, 0.5) is 0 Å². The van der Waals surface area contributed by atoms with Crippen LogP contribution in [0, 0.1) is 13.8 Å². The molecule has 2 saturated heterocycles. The molecule has 3 aromatic heterocycles. The van der Waals surface area contributed by atoms with Crippen molar-refractivity contribution in [3.8, 4) is 33.6 Å². The van der Waals surface area contributed by atoms with E-state index in [0.29, 0.717) is 18.1 Å². The van der Waals surface area contributed by atoms with Gasteiger partial charge in [-0.3, -0.25) is 10.00 Å². The number of hydrogen-bond donors (Lipinski definition) is 1. The molecule has 2 aromatic carbocycles. The first-order valence-electron chi connectivity index (χ1n) is 14.8. The highest BCUT2D eigenvalue weighted by molar-refractivity contribution is 5.93. The van der Waals surface area contributed by atoms with Gasteiger partial charge in [0.2, 0.25) is 0 Å². The van der Waals surface area contributed by atoms with E-state index in [1.807, 2.05) is 13.1 Å². The molecular weight excluding hydrogens is 508 g/mol. The van der Waals surface area contributed by atoms with Crippen molar-refractivity contribution in [3.63, 3.8) is 0 Å². The first-order valence-corrected chi connectivity index (χ1v) is 14.8. The third-order valence-electron chi connectivity index (χ3n) is 9.43. The Morgan fingerprint density at radius 3 is 2.32 bits per heavy atom. The maximum absolute atomic E-state index is 5.74. The number of morpholine rings is 1. The lowest BCUT2D eigenvalue weighted by molar-refractivity contribution is -0.148. The van der Waals surface area contributed by atoms with Crippen molar-refractivity contribution >= 4 is 11.0 Å². The molecule has 8 rings (SSSR count). The maximum Gasteiger partial charge on any atom is 0.181 e. The number of aryl methyl sites for hydroxylation is 4. The molecule has 2 bridgehead atoms. The van der Waals surface area contributed by atoms with E-state index in [1.54, 1.807) is 0 Å². The molecule has 0 spiro atoms. The van der Waals surface area contributed by atoms with Gasteiger partial charge in [0.05, 0.1) is 30.3 Å². The molecule has 206 valence electrons. The van der Waals surface area contributed by atoms with Crippen LogP contribution in [0.5, 0.6) is 0 Å². The Balaban J connectivity index is 1.06. The van der Waals surface area contributed by atoms with Crippen LogP contribution in [0.15, 0.2) is 60.8 Å². The number of nitrogens with zero attached hydrogens (tertiary/aromatic N) is 5. The van der Waals surface area contributed by atoms with Crippen molar-refractivity contribution in [2.24, 2.45) is 0 Å². The molecule has 1 N–H and O–H groups in total. The normalized spacial score (nSPS) is 22.2. The van der Waals surface area contributed by atoms with Crippen molar-refractivity contribution in [3.05, 3.63) is 83.2 Å². The average Bonchev–Trinajstić information content (AvgIpc) is 3.31. The number of aromatic amines is 1. The highest BCUT2D eigenvalue weighted by Crippen LogP contribution is 2.38. The molecule has 41 heavy (non-hydrogen) atoms. The van der Waals surface area contributed by atoms with Gasteiger partial charge in [-0.15, -0.1) is 5.10 Å². The molecule has 1 aliphatic carbocycles. The summed E-state index contributed by atoms with van der Waals surface area (Å²) < 4.78 is 5.74. The molecule has 7 heteroatoms. The number of hydrogen-bond acceptors (Lipinski definition) is 6. The van der Waals surface area contributed by atoms with E-state index < -0.39 is 0 Å². The fraction of sp³-hybridized carbons (Fsp3) is 0.353. The van der Waals surface area contributed by atoms with Crippen molar-refractivity contribution in [1.29, 1.82) is 0 Å². The van der Waals surface area contributed by atoms with Gasteiger partial charge >= 0.3 is 0 Å². The van der Waals surface area contributed by atoms with Crippen LogP contribution in [-0.4, -0.2) is 61.6 Å². The second kappa shape index (κ2) is 9.86. The van der Waals surface area contributed by atoms with Gasteiger partial charge < -0.3 is 4.74 Å². The second-order valence-electron chi connectivity index (χ2n) is 12.0. The average molecular weight is 543 g/mol. The molecule has 3 atom stereocenters. The minimum Gasteiger partial charge on any atom is -0.378 e. The number of aromatic nitrogens is 5. The zero-order valence-electron chi connectivity index (χ0n) is 23.6. The monoisotopic (exact) mass is 542 g/mol. The zero-order valence-corrected chi connectivity index (χ0v) is 23.6. The molecule has 2 unspecified atom stereocenters. The molecule has 0 saturated carbocycles. The summed E-state index contributed by atoms with van der Waals surface area (Å²) in [5, 5.41) is 17.4. The lowest BCUT2D eigenvalue weighted by Crippen LogP contribution is -2.66. The summed E-state index contributed by atoms with van der Waals surface area (Å²) in [6.45, 7) is 5.88. The molecular formula is C34H34N6O. The Kier molecular flexibility index (Phi) is 5.97. The van der Waals surface area contributed by atoms with Crippen LogP contribution in [0.25, 0.3) is 44.7 Å². The van der Waals surface area contributed by atoms with Gasteiger partial charge in [-0.1, -0.05) is 42.5 Å². The van der Waals surface area contributed by atoms with E-state index >= 15 is 0 Å². The molecule has 5 heterocycles. The Bertz CT molecular complexity index is 1750. The minimum atomic E-state index is 0.647. The summed E-state index contributed by atoms with van der Waals surface area (Å²) >= 11 is 0. The van der Waals surface area contributed by atoms with E-state index in [2.05, 4.69) is 86.8 Å². The van der Waals surface area contributed by atoms with Gasteiger partial charge in [-0.2, -0.15) is 10.2 Å². The van der Waals surface area contributed by atoms with Crippen LogP contribution in [0.3, 0.4) is 0 Å². The number of ether oxygens (including phenoxy) is 1. The summed E-state index contributed by atoms with van der Waals surface area (Å²) in [6.07, 6.45) is 8.05. The van der Waals surface area contributed by atoms with Gasteiger partial charge in [0.15, 0.2) is 5.65 Å². The first kappa shape index (κ1) is 24.8. The van der Waals surface area contributed by atoms with Crippen LogP contribution in [0.1, 0.15) is 41.6 Å². The van der Waals surface area contributed by atoms with E-state index in [4.69, 9.17) is 9.72 Å². The third-order valence-corrected chi connectivity index (χ3v) is 9.43. The van der Waals surface area contributed by atoms with E-state index in [1.165, 1.54) is 36.0 Å². The number of rotatable bonds is 4. The lowest BCUT2D eigenvalue weighted by Gasteiger charge is -2.56. The Morgan fingerprint density at radius 2 is 1.54 bits per heavy atom. The summed E-state index contributed by atoms with van der Waals surface area (Å²) in [7, 11) is 0. The number of benzene rings is 2. The van der Waals surface area contributed by atoms with E-state index in [-0.39, 0.29) is 0 Å². The molecule has 3 aliphatic rings. The predicted molar refractivity (Wildman–Crippen MR) is 161 cm³/mol. The molecule has 2 aliphatic heterocycles. The van der Waals surface area contributed by atoms with E-state index in [0.717, 1.165) is 76.4 Å². The van der Waals surface area contributed by atoms with Gasteiger partial charge in [-0.25, -0.2) is 4.98 Å². The summed E-state index contributed by atoms with van der Waals surface area (Å²) in [5.41, 5.74) is 12.1. The van der Waals surface area contributed by atoms with Crippen LogP contribution in [-0.2, 0) is 17.6 Å². The summed E-state index contributed by atoms with van der Waals surface area (Å²) in [4.78, 5) is 7.50. The highest BCUT2D eigenvalue weighted by Gasteiger charge is 2.45. The predicted octanol–water partition coefficient (Wildman–Crippen LogP) is 6.09. The standard InChI is InChI=1S/C34H34N6O/c1-20-13-21(2)36-37-32(20)23-4-6-24(7-5-23)33-31-15-27(17-35-34(31)39-38-33)26-8-3-22-9-11-28(12-10-25(22)14-26)40-29-16-30(40)19-41-18-29/h3-8,13-15,17,28-30H,9-12,16,18-19H2,1-2H3,(H,35,38,39)/t28-,29?,30?/m0/s1. The van der Waals surface area contributed by atoms with Crippen molar-refractivity contribution in [2.45, 2.75) is 64.1 Å². The van der Waals surface area contributed by atoms with Gasteiger partial charge in [0.25, 0.3) is 0 Å². The third kappa shape index (κ3) is 4.35. The quantitative estimate of drug-likeness (QED) is 0.277. The second-order valence-corrected chi connectivity index (χ2v) is 12.0. The molecule has 0 amide bonds. The number of pyridine rings is 1. The summed E-state index contributed by atoms with van der Waals surface area (Å²) in [5.74, 6) is 0. The fourth-order valence-electron chi connectivity index (χ4n) is 7.31. The first-order chi connectivity index (χ1) is 20.1. The maximum atomic E-state index is 5.74. The van der Waals surface area contributed by atoms with Crippen LogP contribution in [0.2, 0.25) is 0 Å². The van der Waals surface area contributed by atoms with E-state index in [9.17, 15) is 0 Å². The lowest BCUT2D eigenvalue weighted by atomic mass is 9.87. The van der Waals surface area contributed by atoms with Gasteiger partial charge in [0.1, 0.15) is 0 Å². The Hall–Kier alpha value is -3.94. The minimum absolute atomic E-state index is 0.647. The number of H-pyrrole nitrogens is 1. The number of fused-ring (bicyclic) bond motifs is 4. The molecule has 2 fully saturated rings. The highest BCUT2D eigenvalue weighted by atomic mass is 16.5. The Labute approximate surface area is 240 Å². The molecule has 7 nitrogen and oxygen atoms in total. The van der Waals surface area contributed by atoms with Crippen LogP contribution >= 0.6 is 0 Å². The zero-order chi connectivity index (χ0) is 27.5. The topological polar surface area (TPSA) is 79.8 Å². The summed E-state index contributed by atoms with van der Waals surface area (Å²) in [6, 6.07) is 21.7. The smallest absolute Gasteiger partial charge is 0.181 e. The van der Waals surface area contributed by atoms with Crippen molar-refractivity contribution < 1.29 is 4.74 Å². The van der Waals surface area contributed by atoms with Gasteiger partial charge in [0, 0.05) is 46.4 Å². The number of nitrogens with one attached hydrogen (secondary N) is 1. The Morgan fingerprint density at radius 1 is 0.780 bits per heavy atom. The van der Waals surface area contributed by atoms with Crippen molar-refractivity contribution in [2.75, 3.05) is 13.2 Å². The molecule has 0 radical (unpaired) electrons. The molecule has 5 aromatic rings. The van der Waals surface area contributed by atoms with Crippen LogP contribution < -0.4 is 0 Å². The fourth-order valence-corrected chi connectivity index (χ4v) is 7.31. The largest absolute Gasteiger partial charge is 0.378 e. The van der Waals surface area contributed by atoms with Gasteiger partial charge in [-0.05, 0) is 80.3 Å². The van der Waals surface area contributed by atoms with Crippen molar-refractivity contribution in [1.82, 2.24) is 30.3 Å². The SMILES string of the molecule is Cc1cc(C)c(-c2ccc(-c3[nH]nc4ncc(-c5ccc6c(c5)CC[C@@H](N5C7COCC5C7)CC6)cc34)cc2)nn1.